The first kappa shape index (κ1) is 8.87. The van der Waals surface area contributed by atoms with Gasteiger partial charge in [0.1, 0.15) is 0 Å². The molecule has 1 aliphatic heterocycles. The molecule has 0 unspecified atom stereocenters. The standard InChI is InChI=1S/C7H13NO2S/c8-6-2-4-11-3-1-5(6)7(9)10/h5-6H,1-4,8H2,(H,9,10)/t5-,6-/m0/s1. The molecule has 0 radical (unpaired) electrons. The first-order valence-corrected chi connectivity index (χ1v) is 4.93. The summed E-state index contributed by atoms with van der Waals surface area (Å²) in [5.41, 5.74) is 5.69. The van der Waals surface area contributed by atoms with E-state index in [1.54, 1.807) is 11.8 Å². The average Bonchev–Trinajstić information content (AvgIpc) is 2.13. The van der Waals surface area contributed by atoms with Gasteiger partial charge in [0.25, 0.3) is 0 Å². The molecule has 1 heterocycles. The lowest BCUT2D eigenvalue weighted by molar-refractivity contribution is -0.142. The maximum absolute atomic E-state index is 10.6. The van der Waals surface area contributed by atoms with Crippen molar-refractivity contribution >= 4 is 17.7 Å². The van der Waals surface area contributed by atoms with Crippen LogP contribution in [0.4, 0.5) is 0 Å². The van der Waals surface area contributed by atoms with Gasteiger partial charge in [0.2, 0.25) is 0 Å². The molecule has 0 saturated carbocycles. The number of carbonyl (C=O) groups is 1. The zero-order valence-electron chi connectivity index (χ0n) is 6.32. The van der Waals surface area contributed by atoms with Crippen LogP contribution in [-0.2, 0) is 4.79 Å². The third kappa shape index (κ3) is 2.38. The van der Waals surface area contributed by atoms with E-state index in [0.717, 1.165) is 24.3 Å². The number of aliphatic carboxylic acids is 1. The van der Waals surface area contributed by atoms with Gasteiger partial charge >= 0.3 is 5.97 Å². The molecule has 3 N–H and O–H groups in total. The number of rotatable bonds is 1. The molecule has 0 amide bonds. The molecule has 0 aromatic carbocycles. The van der Waals surface area contributed by atoms with Gasteiger partial charge in [0.15, 0.2) is 0 Å². The first-order chi connectivity index (χ1) is 5.22. The van der Waals surface area contributed by atoms with Gasteiger partial charge in [-0.3, -0.25) is 4.79 Å². The second-order valence-corrected chi connectivity index (χ2v) is 4.02. The number of hydrogen-bond donors (Lipinski definition) is 2. The Kier molecular flexibility index (Phi) is 3.20. The van der Waals surface area contributed by atoms with Crippen LogP contribution in [0.5, 0.6) is 0 Å². The first-order valence-electron chi connectivity index (χ1n) is 3.78. The minimum atomic E-state index is -0.736. The molecule has 2 atom stereocenters. The molecule has 11 heavy (non-hydrogen) atoms. The van der Waals surface area contributed by atoms with Crippen LogP contribution >= 0.6 is 11.8 Å². The van der Waals surface area contributed by atoms with Crippen LogP contribution in [-0.4, -0.2) is 28.6 Å². The highest BCUT2D eigenvalue weighted by Crippen LogP contribution is 2.21. The molecular weight excluding hydrogens is 162 g/mol. The number of carboxylic acids is 1. The summed E-state index contributed by atoms with van der Waals surface area (Å²) in [6, 6.07) is -0.137. The third-order valence-corrected chi connectivity index (χ3v) is 3.05. The number of nitrogens with two attached hydrogens (primary N) is 1. The molecular formula is C7H13NO2S. The van der Waals surface area contributed by atoms with E-state index in [1.165, 1.54) is 0 Å². The minimum absolute atomic E-state index is 0.137. The van der Waals surface area contributed by atoms with Gasteiger partial charge in [0, 0.05) is 6.04 Å². The Labute approximate surface area is 70.3 Å². The van der Waals surface area contributed by atoms with Crippen LogP contribution in [0.15, 0.2) is 0 Å². The maximum Gasteiger partial charge on any atom is 0.308 e. The molecule has 64 valence electrons. The van der Waals surface area contributed by atoms with Gasteiger partial charge in [-0.1, -0.05) is 0 Å². The highest BCUT2D eigenvalue weighted by Gasteiger charge is 2.26. The summed E-state index contributed by atoms with van der Waals surface area (Å²) in [7, 11) is 0. The lowest BCUT2D eigenvalue weighted by atomic mass is 9.96. The van der Waals surface area contributed by atoms with Crippen LogP contribution in [0.25, 0.3) is 0 Å². The van der Waals surface area contributed by atoms with Gasteiger partial charge < -0.3 is 10.8 Å². The Morgan fingerprint density at radius 1 is 1.45 bits per heavy atom. The summed E-state index contributed by atoms with van der Waals surface area (Å²) in [6.07, 6.45) is 1.56. The quantitative estimate of drug-likeness (QED) is 0.610. The van der Waals surface area contributed by atoms with E-state index in [2.05, 4.69) is 0 Å². The van der Waals surface area contributed by atoms with Gasteiger partial charge in [-0.2, -0.15) is 11.8 Å². The van der Waals surface area contributed by atoms with E-state index >= 15 is 0 Å². The fraction of sp³-hybridized carbons (Fsp3) is 0.857. The van der Waals surface area contributed by atoms with Gasteiger partial charge in [-0.05, 0) is 24.3 Å². The maximum atomic E-state index is 10.6. The Morgan fingerprint density at radius 2 is 2.09 bits per heavy atom. The van der Waals surface area contributed by atoms with E-state index in [1.807, 2.05) is 0 Å². The van der Waals surface area contributed by atoms with E-state index in [-0.39, 0.29) is 12.0 Å². The van der Waals surface area contributed by atoms with Crippen LogP contribution in [0.2, 0.25) is 0 Å². The third-order valence-electron chi connectivity index (χ3n) is 2.00. The second-order valence-electron chi connectivity index (χ2n) is 2.80. The second kappa shape index (κ2) is 3.97. The number of carboxylic acid groups (broad SMARTS) is 1. The van der Waals surface area contributed by atoms with Crippen molar-refractivity contribution in [1.82, 2.24) is 0 Å². The van der Waals surface area contributed by atoms with Crippen molar-refractivity contribution in [1.29, 1.82) is 0 Å². The van der Waals surface area contributed by atoms with Crippen molar-refractivity contribution in [3.05, 3.63) is 0 Å². The zero-order valence-corrected chi connectivity index (χ0v) is 7.14. The number of thioether (sulfide) groups is 1. The zero-order chi connectivity index (χ0) is 8.27. The van der Waals surface area contributed by atoms with Gasteiger partial charge in [-0.15, -0.1) is 0 Å². The topological polar surface area (TPSA) is 63.3 Å². The molecule has 1 saturated heterocycles. The average molecular weight is 175 g/mol. The Morgan fingerprint density at radius 3 is 2.73 bits per heavy atom. The number of hydrogen-bond acceptors (Lipinski definition) is 3. The monoisotopic (exact) mass is 175 g/mol. The van der Waals surface area contributed by atoms with Crippen LogP contribution in [0.1, 0.15) is 12.8 Å². The van der Waals surface area contributed by atoms with Crippen LogP contribution in [0, 0.1) is 5.92 Å². The molecule has 1 fully saturated rings. The summed E-state index contributed by atoms with van der Waals surface area (Å²) in [5.74, 6) is 0.889. The van der Waals surface area contributed by atoms with Crippen LogP contribution < -0.4 is 5.73 Å². The Balaban J connectivity index is 2.52. The SMILES string of the molecule is N[C@H]1CCSCC[C@@H]1C(=O)O. The molecule has 0 aromatic rings. The summed E-state index contributed by atoms with van der Waals surface area (Å²) in [4.78, 5) is 10.6. The predicted octanol–water partition coefficient (Wildman–Crippen LogP) is 0.541. The van der Waals surface area contributed by atoms with Crippen molar-refractivity contribution in [3.8, 4) is 0 Å². The normalized spacial score (nSPS) is 32.8. The lowest BCUT2D eigenvalue weighted by Gasteiger charge is -2.15. The molecule has 0 spiro atoms. The van der Waals surface area contributed by atoms with Gasteiger partial charge in [0.05, 0.1) is 5.92 Å². The smallest absolute Gasteiger partial charge is 0.308 e. The Hall–Kier alpha value is -0.220. The van der Waals surface area contributed by atoms with Crippen molar-refractivity contribution in [2.75, 3.05) is 11.5 Å². The van der Waals surface area contributed by atoms with E-state index in [9.17, 15) is 4.79 Å². The summed E-state index contributed by atoms with van der Waals surface area (Å²) in [5, 5.41) is 8.74. The predicted molar refractivity (Wildman–Crippen MR) is 45.7 cm³/mol. The summed E-state index contributed by atoms with van der Waals surface area (Å²) >= 11 is 1.80. The van der Waals surface area contributed by atoms with Crippen molar-refractivity contribution < 1.29 is 9.90 Å². The van der Waals surface area contributed by atoms with Gasteiger partial charge in [-0.25, -0.2) is 0 Å². The summed E-state index contributed by atoms with van der Waals surface area (Å²) < 4.78 is 0. The van der Waals surface area contributed by atoms with Crippen molar-refractivity contribution in [2.45, 2.75) is 18.9 Å². The van der Waals surface area contributed by atoms with Crippen molar-refractivity contribution in [3.63, 3.8) is 0 Å². The molecule has 0 bridgehead atoms. The largest absolute Gasteiger partial charge is 0.481 e. The lowest BCUT2D eigenvalue weighted by Crippen LogP contribution is -2.35. The molecule has 0 aliphatic carbocycles. The van der Waals surface area contributed by atoms with E-state index in [4.69, 9.17) is 10.8 Å². The van der Waals surface area contributed by atoms with Crippen molar-refractivity contribution in [2.24, 2.45) is 11.7 Å². The molecule has 1 aliphatic rings. The molecule has 4 heteroatoms. The Bertz CT molecular complexity index is 151. The molecule has 3 nitrogen and oxygen atoms in total. The fourth-order valence-corrected chi connectivity index (χ4v) is 2.32. The van der Waals surface area contributed by atoms with E-state index < -0.39 is 5.97 Å². The fourth-order valence-electron chi connectivity index (χ4n) is 1.25. The minimum Gasteiger partial charge on any atom is -0.481 e. The molecule has 0 aromatic heterocycles. The van der Waals surface area contributed by atoms with Crippen LogP contribution in [0.3, 0.4) is 0 Å². The van der Waals surface area contributed by atoms with E-state index in [0.29, 0.717) is 0 Å². The highest BCUT2D eigenvalue weighted by molar-refractivity contribution is 7.99. The summed E-state index contributed by atoms with van der Waals surface area (Å²) in [6.45, 7) is 0. The molecule has 1 rings (SSSR count). The highest BCUT2D eigenvalue weighted by atomic mass is 32.2.